The molecule has 1 atom stereocenters. The fourth-order valence-corrected chi connectivity index (χ4v) is 4.13. The minimum atomic E-state index is -3.08. The highest BCUT2D eigenvalue weighted by Crippen LogP contribution is 2.24. The molecule has 1 aromatic carbocycles. The summed E-state index contributed by atoms with van der Waals surface area (Å²) in [6.45, 7) is 5.85. The number of allylic oxidation sites excluding steroid dienone is 1. The first-order chi connectivity index (χ1) is 8.78. The van der Waals surface area contributed by atoms with E-state index in [1.807, 2.05) is 32.9 Å². The molecule has 4 heteroatoms. The molecular weight excluding hydrogens is 260 g/mol. The van der Waals surface area contributed by atoms with E-state index in [1.165, 1.54) is 5.41 Å². The number of ketones is 1. The number of carbonyl (C=O) groups excluding carboxylic acids is 1. The average Bonchev–Trinajstić information content (AvgIpc) is 2.56. The van der Waals surface area contributed by atoms with Crippen LogP contribution in [0.4, 0.5) is 0 Å². The van der Waals surface area contributed by atoms with Crippen molar-refractivity contribution in [2.24, 2.45) is 5.92 Å². The second-order valence-electron chi connectivity index (χ2n) is 5.32. The van der Waals surface area contributed by atoms with Crippen LogP contribution in [0.3, 0.4) is 0 Å². The van der Waals surface area contributed by atoms with Crippen LogP contribution in [0, 0.1) is 26.7 Å². The molecule has 102 valence electrons. The summed E-state index contributed by atoms with van der Waals surface area (Å²) in [5.41, 5.74) is 3.80. The number of carbonyl (C=O) groups is 1. The molecule has 1 heterocycles. The molecule has 0 aromatic heterocycles. The first-order valence-corrected chi connectivity index (χ1v) is 8.02. The number of rotatable bonds is 3. The number of hydrogen-bond acceptors (Lipinski definition) is 3. The molecule has 2 rings (SSSR count). The average molecular weight is 278 g/mol. The number of Topliss-reactive ketones (excluding diaryl/α,β-unsaturated/α-hetero) is 1. The Morgan fingerprint density at radius 2 is 1.79 bits per heavy atom. The van der Waals surface area contributed by atoms with E-state index in [1.54, 1.807) is 6.08 Å². The molecule has 1 aromatic rings. The molecule has 0 spiro atoms. The molecule has 0 saturated heterocycles. The molecule has 1 aliphatic rings. The van der Waals surface area contributed by atoms with Crippen LogP contribution in [0.25, 0.3) is 0 Å². The van der Waals surface area contributed by atoms with Gasteiger partial charge in [0.25, 0.3) is 0 Å². The third-order valence-electron chi connectivity index (χ3n) is 3.41. The van der Waals surface area contributed by atoms with Gasteiger partial charge in [-0.2, -0.15) is 0 Å². The van der Waals surface area contributed by atoms with Crippen LogP contribution in [0.2, 0.25) is 0 Å². The molecule has 1 unspecified atom stereocenters. The van der Waals surface area contributed by atoms with Crippen molar-refractivity contribution in [3.63, 3.8) is 0 Å². The summed E-state index contributed by atoms with van der Waals surface area (Å²) >= 11 is 0. The van der Waals surface area contributed by atoms with Crippen molar-refractivity contribution in [3.05, 3.63) is 45.9 Å². The normalized spacial score (nSPS) is 20.7. The van der Waals surface area contributed by atoms with Crippen LogP contribution in [-0.4, -0.2) is 20.0 Å². The molecule has 19 heavy (non-hydrogen) atoms. The van der Waals surface area contributed by atoms with Gasteiger partial charge in [0.05, 0.1) is 5.75 Å². The fourth-order valence-electron chi connectivity index (χ4n) is 2.73. The highest BCUT2D eigenvalue weighted by Gasteiger charge is 2.25. The lowest BCUT2D eigenvalue weighted by atomic mass is 9.92. The van der Waals surface area contributed by atoms with Gasteiger partial charge >= 0.3 is 0 Å². The Balaban J connectivity index is 2.20. The Morgan fingerprint density at radius 1 is 1.21 bits per heavy atom. The fraction of sp³-hybridized carbons (Fsp3) is 0.400. The Kier molecular flexibility index (Phi) is 3.63. The van der Waals surface area contributed by atoms with Gasteiger partial charge in [0.15, 0.2) is 15.6 Å². The van der Waals surface area contributed by atoms with Gasteiger partial charge in [0.2, 0.25) is 0 Å². The number of sulfone groups is 1. The lowest BCUT2D eigenvalue weighted by molar-refractivity contribution is 0.0971. The second kappa shape index (κ2) is 4.93. The van der Waals surface area contributed by atoms with E-state index in [9.17, 15) is 13.2 Å². The standard InChI is InChI=1S/C15H18O3S/c1-10-6-11(2)15(12(3)7-10)14(16)8-13-4-5-19(17,18)9-13/h4-7,13H,8-9H2,1-3H3. The van der Waals surface area contributed by atoms with Crippen molar-refractivity contribution in [1.82, 2.24) is 0 Å². The lowest BCUT2D eigenvalue weighted by Crippen LogP contribution is -2.13. The minimum Gasteiger partial charge on any atom is -0.294 e. The van der Waals surface area contributed by atoms with Crippen LogP contribution in [-0.2, 0) is 9.84 Å². The third kappa shape index (κ3) is 3.13. The first-order valence-electron chi connectivity index (χ1n) is 6.30. The van der Waals surface area contributed by atoms with Crippen molar-refractivity contribution >= 4 is 15.6 Å². The van der Waals surface area contributed by atoms with E-state index in [2.05, 4.69) is 0 Å². The Labute approximate surface area is 114 Å². The van der Waals surface area contributed by atoms with E-state index in [4.69, 9.17) is 0 Å². The van der Waals surface area contributed by atoms with Crippen LogP contribution in [0.5, 0.6) is 0 Å². The van der Waals surface area contributed by atoms with Crippen molar-refractivity contribution in [3.8, 4) is 0 Å². The molecule has 0 radical (unpaired) electrons. The molecule has 0 amide bonds. The minimum absolute atomic E-state index is 0.0294. The van der Waals surface area contributed by atoms with Gasteiger partial charge in [-0.1, -0.05) is 23.8 Å². The summed E-state index contributed by atoms with van der Waals surface area (Å²) in [7, 11) is -3.08. The molecular formula is C15H18O3S. The SMILES string of the molecule is Cc1cc(C)c(C(=O)CC2C=CS(=O)(=O)C2)c(C)c1. The van der Waals surface area contributed by atoms with Gasteiger partial charge in [-0.05, 0) is 37.8 Å². The maximum atomic E-state index is 12.3. The van der Waals surface area contributed by atoms with E-state index in [-0.39, 0.29) is 23.9 Å². The predicted molar refractivity (Wildman–Crippen MR) is 76.0 cm³/mol. The summed E-state index contributed by atoms with van der Waals surface area (Å²) in [5, 5.41) is 1.22. The summed E-state index contributed by atoms with van der Waals surface area (Å²) in [6, 6.07) is 3.98. The highest BCUT2D eigenvalue weighted by molar-refractivity contribution is 7.94. The topological polar surface area (TPSA) is 51.2 Å². The maximum Gasteiger partial charge on any atom is 0.171 e. The summed E-state index contributed by atoms with van der Waals surface area (Å²) in [6.07, 6.45) is 1.90. The van der Waals surface area contributed by atoms with Gasteiger partial charge in [-0.3, -0.25) is 4.79 Å². The van der Waals surface area contributed by atoms with E-state index in [0.29, 0.717) is 0 Å². The summed E-state index contributed by atoms with van der Waals surface area (Å²) in [5.74, 6) is -0.0951. The first kappa shape index (κ1) is 14.0. The van der Waals surface area contributed by atoms with E-state index >= 15 is 0 Å². The number of aryl methyl sites for hydroxylation is 3. The second-order valence-corrected chi connectivity index (χ2v) is 7.25. The highest BCUT2D eigenvalue weighted by atomic mass is 32.2. The van der Waals surface area contributed by atoms with Crippen LogP contribution >= 0.6 is 0 Å². The van der Waals surface area contributed by atoms with Gasteiger partial charge in [-0.25, -0.2) is 8.42 Å². The van der Waals surface area contributed by atoms with Gasteiger partial charge < -0.3 is 0 Å². The Bertz CT molecular complexity index is 631. The molecule has 0 saturated carbocycles. The lowest BCUT2D eigenvalue weighted by Gasteiger charge is -2.12. The Hall–Kier alpha value is -1.42. The van der Waals surface area contributed by atoms with Crippen LogP contribution in [0.1, 0.15) is 33.5 Å². The molecule has 3 nitrogen and oxygen atoms in total. The van der Waals surface area contributed by atoms with Gasteiger partial charge in [-0.15, -0.1) is 0 Å². The quantitative estimate of drug-likeness (QED) is 0.799. The van der Waals surface area contributed by atoms with Crippen molar-refractivity contribution in [2.75, 3.05) is 5.75 Å². The van der Waals surface area contributed by atoms with Gasteiger partial charge in [0.1, 0.15) is 0 Å². The van der Waals surface area contributed by atoms with Crippen molar-refractivity contribution in [2.45, 2.75) is 27.2 Å². The van der Waals surface area contributed by atoms with E-state index in [0.717, 1.165) is 22.3 Å². The molecule has 0 bridgehead atoms. The van der Waals surface area contributed by atoms with Gasteiger partial charge in [0, 0.05) is 17.4 Å². The number of hydrogen-bond donors (Lipinski definition) is 0. The van der Waals surface area contributed by atoms with Crippen molar-refractivity contribution in [1.29, 1.82) is 0 Å². The van der Waals surface area contributed by atoms with Crippen LogP contribution in [0.15, 0.2) is 23.6 Å². The zero-order chi connectivity index (χ0) is 14.2. The zero-order valence-electron chi connectivity index (χ0n) is 11.4. The largest absolute Gasteiger partial charge is 0.294 e. The monoisotopic (exact) mass is 278 g/mol. The summed E-state index contributed by atoms with van der Waals surface area (Å²) < 4.78 is 22.7. The molecule has 0 aliphatic carbocycles. The van der Waals surface area contributed by atoms with Crippen molar-refractivity contribution < 1.29 is 13.2 Å². The zero-order valence-corrected chi connectivity index (χ0v) is 12.3. The molecule has 0 N–H and O–H groups in total. The predicted octanol–water partition coefficient (Wildman–Crippen LogP) is 2.74. The molecule has 1 aliphatic heterocycles. The smallest absolute Gasteiger partial charge is 0.171 e. The third-order valence-corrected chi connectivity index (χ3v) is 4.87. The summed E-state index contributed by atoms with van der Waals surface area (Å²) in [4.78, 5) is 12.3. The van der Waals surface area contributed by atoms with Crippen LogP contribution < -0.4 is 0 Å². The maximum absolute atomic E-state index is 12.3. The van der Waals surface area contributed by atoms with E-state index < -0.39 is 9.84 Å². The number of benzene rings is 1. The molecule has 0 fully saturated rings. The Morgan fingerprint density at radius 3 is 2.26 bits per heavy atom.